The molecule has 2 heteroatoms. The minimum absolute atomic E-state index is 0.256. The molecule has 1 atom stereocenters. The summed E-state index contributed by atoms with van der Waals surface area (Å²) in [5.74, 6) is 0.873. The zero-order valence-corrected chi connectivity index (χ0v) is 12.7. The van der Waals surface area contributed by atoms with E-state index in [1.165, 1.54) is 22.3 Å². The Balaban J connectivity index is 1.64. The van der Waals surface area contributed by atoms with Crippen LogP contribution in [0, 0.1) is 13.8 Å². The summed E-state index contributed by atoms with van der Waals surface area (Å²) in [5, 5.41) is 0. The van der Waals surface area contributed by atoms with Crippen LogP contribution in [-0.2, 0) is 17.6 Å². The Morgan fingerprint density at radius 1 is 1.00 bits per heavy atom. The third kappa shape index (κ3) is 3.72. The van der Waals surface area contributed by atoms with E-state index in [2.05, 4.69) is 62.4 Å². The number of ether oxygens (including phenoxy) is 1. The van der Waals surface area contributed by atoms with E-state index < -0.39 is 0 Å². The third-order valence-corrected chi connectivity index (χ3v) is 3.76. The summed E-state index contributed by atoms with van der Waals surface area (Å²) in [6.07, 6.45) is 1.75. The maximum absolute atomic E-state index is 5.76. The number of aliphatic imine (C=N–C) groups is 1. The monoisotopic (exact) mass is 279 g/mol. The van der Waals surface area contributed by atoms with Crippen LogP contribution >= 0.6 is 0 Å². The van der Waals surface area contributed by atoms with Gasteiger partial charge in [0.2, 0.25) is 0 Å². The van der Waals surface area contributed by atoms with Gasteiger partial charge < -0.3 is 4.74 Å². The summed E-state index contributed by atoms with van der Waals surface area (Å²) in [6, 6.07) is 17.4. The van der Waals surface area contributed by atoms with Gasteiger partial charge in [-0.1, -0.05) is 59.7 Å². The molecule has 0 aromatic heterocycles. The topological polar surface area (TPSA) is 21.6 Å². The highest BCUT2D eigenvalue weighted by Crippen LogP contribution is 2.15. The minimum atomic E-state index is 0.256. The fraction of sp³-hybridized carbons (Fsp3) is 0.316. The Bertz CT molecular complexity index is 660. The van der Waals surface area contributed by atoms with Crippen LogP contribution in [0.25, 0.3) is 0 Å². The molecule has 0 amide bonds. The first-order chi connectivity index (χ1) is 10.2. The highest BCUT2D eigenvalue weighted by atomic mass is 16.5. The molecule has 1 unspecified atom stereocenters. The van der Waals surface area contributed by atoms with Crippen molar-refractivity contribution in [3.8, 4) is 0 Å². The van der Waals surface area contributed by atoms with Crippen molar-refractivity contribution in [2.24, 2.45) is 4.99 Å². The van der Waals surface area contributed by atoms with E-state index in [1.54, 1.807) is 0 Å². The SMILES string of the molecule is Cc1cccc(CC2=NC(Cc3cccc(C)c3)CO2)c1. The molecule has 0 bridgehead atoms. The van der Waals surface area contributed by atoms with Crippen molar-refractivity contribution in [2.75, 3.05) is 6.61 Å². The van der Waals surface area contributed by atoms with Gasteiger partial charge in [0.25, 0.3) is 0 Å². The van der Waals surface area contributed by atoms with E-state index in [4.69, 9.17) is 9.73 Å². The first-order valence-corrected chi connectivity index (χ1v) is 7.49. The van der Waals surface area contributed by atoms with Crippen molar-refractivity contribution in [1.29, 1.82) is 0 Å². The number of hydrogen-bond acceptors (Lipinski definition) is 2. The molecule has 0 saturated carbocycles. The maximum atomic E-state index is 5.76. The molecule has 1 aliphatic heterocycles. The van der Waals surface area contributed by atoms with Crippen LogP contribution in [0.1, 0.15) is 22.3 Å². The van der Waals surface area contributed by atoms with Gasteiger partial charge in [-0.3, -0.25) is 0 Å². The summed E-state index contributed by atoms with van der Waals surface area (Å²) in [7, 11) is 0. The molecule has 0 fully saturated rings. The molecule has 3 rings (SSSR count). The number of hydrogen-bond donors (Lipinski definition) is 0. The second kappa shape index (κ2) is 6.13. The summed E-state index contributed by atoms with van der Waals surface area (Å²) >= 11 is 0. The predicted molar refractivity (Wildman–Crippen MR) is 86.9 cm³/mol. The van der Waals surface area contributed by atoms with E-state index >= 15 is 0 Å². The Labute approximate surface area is 126 Å². The molecule has 1 heterocycles. The summed E-state index contributed by atoms with van der Waals surface area (Å²) in [6.45, 7) is 4.94. The molecular formula is C19H21NO. The van der Waals surface area contributed by atoms with Crippen molar-refractivity contribution < 1.29 is 4.74 Å². The summed E-state index contributed by atoms with van der Waals surface area (Å²) < 4.78 is 5.76. The second-order valence-electron chi connectivity index (χ2n) is 5.85. The summed E-state index contributed by atoms with van der Waals surface area (Å²) in [5.41, 5.74) is 5.19. The first-order valence-electron chi connectivity index (χ1n) is 7.49. The molecule has 2 nitrogen and oxygen atoms in total. The van der Waals surface area contributed by atoms with Crippen LogP contribution in [-0.4, -0.2) is 18.5 Å². The van der Waals surface area contributed by atoms with Gasteiger partial charge in [-0.05, 0) is 31.4 Å². The van der Waals surface area contributed by atoms with Crippen molar-refractivity contribution in [1.82, 2.24) is 0 Å². The molecular weight excluding hydrogens is 258 g/mol. The molecule has 108 valence electrons. The van der Waals surface area contributed by atoms with Gasteiger partial charge in [-0.15, -0.1) is 0 Å². The van der Waals surface area contributed by atoms with E-state index in [-0.39, 0.29) is 6.04 Å². The average molecular weight is 279 g/mol. The minimum Gasteiger partial charge on any atom is -0.478 e. The lowest BCUT2D eigenvalue weighted by Crippen LogP contribution is -2.10. The van der Waals surface area contributed by atoms with E-state index in [1.807, 2.05) is 0 Å². The Hall–Kier alpha value is -2.09. The molecule has 0 spiro atoms. The van der Waals surface area contributed by atoms with Crippen LogP contribution in [0.3, 0.4) is 0 Å². The second-order valence-corrected chi connectivity index (χ2v) is 5.85. The third-order valence-electron chi connectivity index (χ3n) is 3.76. The fourth-order valence-corrected chi connectivity index (χ4v) is 2.78. The standard InChI is InChI=1S/C19H21NO/c1-14-5-3-7-16(9-14)11-18-13-21-19(20-18)12-17-8-4-6-15(2)10-17/h3-10,18H,11-13H2,1-2H3. The van der Waals surface area contributed by atoms with E-state index in [9.17, 15) is 0 Å². The number of benzene rings is 2. The van der Waals surface area contributed by atoms with Gasteiger partial charge in [0.05, 0.1) is 6.04 Å². The molecule has 1 aliphatic rings. The zero-order valence-electron chi connectivity index (χ0n) is 12.7. The van der Waals surface area contributed by atoms with Crippen LogP contribution in [0.4, 0.5) is 0 Å². The predicted octanol–water partition coefficient (Wildman–Crippen LogP) is 3.89. The fourth-order valence-electron chi connectivity index (χ4n) is 2.78. The van der Waals surface area contributed by atoms with Crippen molar-refractivity contribution in [3.05, 3.63) is 70.8 Å². The van der Waals surface area contributed by atoms with Crippen molar-refractivity contribution >= 4 is 5.90 Å². The van der Waals surface area contributed by atoms with Crippen LogP contribution in [0.2, 0.25) is 0 Å². The van der Waals surface area contributed by atoms with Gasteiger partial charge in [0.1, 0.15) is 6.61 Å². The highest BCUT2D eigenvalue weighted by Gasteiger charge is 2.19. The lowest BCUT2D eigenvalue weighted by molar-refractivity contribution is 0.311. The van der Waals surface area contributed by atoms with Crippen molar-refractivity contribution in [3.63, 3.8) is 0 Å². The van der Waals surface area contributed by atoms with Crippen LogP contribution in [0.5, 0.6) is 0 Å². The van der Waals surface area contributed by atoms with Gasteiger partial charge in [0.15, 0.2) is 5.90 Å². The molecule has 0 saturated heterocycles. The summed E-state index contributed by atoms with van der Waals surface area (Å²) in [4.78, 5) is 4.73. The molecule has 2 aromatic carbocycles. The maximum Gasteiger partial charge on any atom is 0.188 e. The Kier molecular flexibility index (Phi) is 4.05. The normalized spacial score (nSPS) is 17.4. The largest absolute Gasteiger partial charge is 0.478 e. The van der Waals surface area contributed by atoms with Gasteiger partial charge in [-0.2, -0.15) is 0 Å². The lowest BCUT2D eigenvalue weighted by Gasteiger charge is -2.05. The van der Waals surface area contributed by atoms with Gasteiger partial charge in [-0.25, -0.2) is 4.99 Å². The number of nitrogens with zero attached hydrogens (tertiary/aromatic N) is 1. The molecule has 21 heavy (non-hydrogen) atoms. The average Bonchev–Trinajstić information content (AvgIpc) is 2.86. The molecule has 2 aromatic rings. The Morgan fingerprint density at radius 3 is 2.38 bits per heavy atom. The van der Waals surface area contributed by atoms with Crippen LogP contribution < -0.4 is 0 Å². The Morgan fingerprint density at radius 2 is 1.67 bits per heavy atom. The lowest BCUT2D eigenvalue weighted by atomic mass is 10.0. The first kappa shape index (κ1) is 13.9. The quantitative estimate of drug-likeness (QED) is 0.832. The number of rotatable bonds is 4. The molecule has 0 radical (unpaired) electrons. The highest BCUT2D eigenvalue weighted by molar-refractivity contribution is 5.80. The number of aryl methyl sites for hydroxylation is 2. The molecule has 0 aliphatic carbocycles. The van der Waals surface area contributed by atoms with Gasteiger partial charge >= 0.3 is 0 Å². The zero-order chi connectivity index (χ0) is 14.7. The van der Waals surface area contributed by atoms with E-state index in [0.29, 0.717) is 6.61 Å². The molecule has 0 N–H and O–H groups in total. The van der Waals surface area contributed by atoms with Crippen LogP contribution in [0.15, 0.2) is 53.5 Å². The smallest absolute Gasteiger partial charge is 0.188 e. The van der Waals surface area contributed by atoms with Crippen molar-refractivity contribution in [2.45, 2.75) is 32.7 Å². The van der Waals surface area contributed by atoms with Gasteiger partial charge in [0, 0.05) is 6.42 Å². The van der Waals surface area contributed by atoms with E-state index in [0.717, 1.165) is 18.7 Å².